The number of anilines is 1. The molecule has 2 aromatic rings. The molecule has 1 aliphatic heterocycles. The van der Waals surface area contributed by atoms with Gasteiger partial charge in [-0.1, -0.05) is 76.5 Å². The molecule has 1 aromatic heterocycles. The molecule has 3 saturated carbocycles. The van der Waals surface area contributed by atoms with E-state index in [0.29, 0.717) is 17.8 Å². The molecule has 0 unspecified atom stereocenters. The second-order valence-corrected chi connectivity index (χ2v) is 14.0. The molecule has 0 radical (unpaired) electrons. The predicted molar refractivity (Wildman–Crippen MR) is 197 cm³/mol. The van der Waals surface area contributed by atoms with E-state index in [9.17, 15) is 0 Å². The van der Waals surface area contributed by atoms with Gasteiger partial charge in [0.15, 0.2) is 0 Å². The zero-order chi connectivity index (χ0) is 32.3. The Labute approximate surface area is 276 Å². The first-order valence-corrected chi connectivity index (χ1v) is 18.2. The van der Waals surface area contributed by atoms with Crippen LogP contribution in [0.1, 0.15) is 140 Å². The van der Waals surface area contributed by atoms with Crippen LogP contribution in [-0.4, -0.2) is 17.2 Å². The van der Waals surface area contributed by atoms with Gasteiger partial charge in [0, 0.05) is 36.1 Å². The molecule has 6 rings (SSSR count). The number of aliphatic imine (C=N–C) groups is 1. The maximum Gasteiger partial charge on any atom is 0.133 e. The molecule has 1 aromatic carbocycles. The summed E-state index contributed by atoms with van der Waals surface area (Å²) in [5.74, 6) is 3.80. The molecule has 45 heavy (non-hydrogen) atoms. The van der Waals surface area contributed by atoms with Gasteiger partial charge in [-0.05, 0) is 131 Å². The minimum Gasteiger partial charge on any atom is -0.330 e. The molecular formula is C42H61N3. The first-order valence-electron chi connectivity index (χ1n) is 18.2. The Kier molecular flexibility index (Phi) is 13.3. The summed E-state index contributed by atoms with van der Waals surface area (Å²) in [6.07, 6.45) is 20.8. The first-order chi connectivity index (χ1) is 21.8. The van der Waals surface area contributed by atoms with Crippen LogP contribution in [0.3, 0.4) is 0 Å². The highest BCUT2D eigenvalue weighted by Crippen LogP contribution is 2.40. The molecule has 0 atom stereocenters. The normalized spacial score (nSPS) is 21.4. The number of allylic oxidation sites excluding steroid dienone is 3. The van der Waals surface area contributed by atoms with E-state index >= 15 is 0 Å². The fourth-order valence-electron chi connectivity index (χ4n) is 7.35. The number of aromatic nitrogens is 1. The summed E-state index contributed by atoms with van der Waals surface area (Å²) in [6, 6.07) is 11.7. The standard InChI is InChI=1S/C36H47N3.C4H8.C2H6/c1-4-28-14-17-32(22-25(28)2)30-12-10-27(11-13-30)24-39(26(3)29-8-6-5-7-9-29)36-23-33(20-21-37-36)35-19-18-34(38-35)31-15-16-31;1-4(2)3;1-2/h14,17,19-23,27,29-31H,3-13,15-16,18,24H2,1-2H3;1H2,2-3H3;1-2H3. The van der Waals surface area contributed by atoms with Crippen LogP contribution in [0.15, 0.2) is 72.0 Å². The number of benzene rings is 1. The van der Waals surface area contributed by atoms with Crippen LogP contribution >= 0.6 is 0 Å². The average molecular weight is 608 g/mol. The summed E-state index contributed by atoms with van der Waals surface area (Å²) in [5, 5.41) is 0. The minimum atomic E-state index is 0.589. The van der Waals surface area contributed by atoms with E-state index in [1.54, 1.807) is 5.56 Å². The van der Waals surface area contributed by atoms with Crippen LogP contribution in [0.25, 0.3) is 5.70 Å². The van der Waals surface area contributed by atoms with Crippen molar-refractivity contribution in [2.24, 2.45) is 22.7 Å². The third-order valence-corrected chi connectivity index (χ3v) is 10.1. The van der Waals surface area contributed by atoms with Crippen molar-refractivity contribution in [3.8, 4) is 0 Å². The Morgan fingerprint density at radius 3 is 2.16 bits per heavy atom. The summed E-state index contributed by atoms with van der Waals surface area (Å²) in [4.78, 5) is 12.5. The first kappa shape index (κ1) is 34.9. The highest BCUT2D eigenvalue weighted by atomic mass is 15.2. The largest absolute Gasteiger partial charge is 0.330 e. The molecule has 0 bridgehead atoms. The quantitative estimate of drug-likeness (QED) is 0.265. The molecule has 4 aliphatic rings. The molecule has 0 N–H and O–H groups in total. The van der Waals surface area contributed by atoms with Crippen LogP contribution in [0, 0.1) is 24.7 Å². The molecule has 244 valence electrons. The Morgan fingerprint density at radius 1 is 0.867 bits per heavy atom. The van der Waals surface area contributed by atoms with Crippen LogP contribution in [0.2, 0.25) is 0 Å². The monoisotopic (exact) mass is 607 g/mol. The lowest BCUT2D eigenvalue weighted by atomic mass is 9.77. The number of hydrogen-bond donors (Lipinski definition) is 0. The Hall–Kier alpha value is -2.94. The second-order valence-electron chi connectivity index (χ2n) is 14.0. The molecule has 3 fully saturated rings. The van der Waals surface area contributed by atoms with Crippen molar-refractivity contribution in [1.29, 1.82) is 0 Å². The van der Waals surface area contributed by atoms with E-state index in [0.717, 1.165) is 36.8 Å². The summed E-state index contributed by atoms with van der Waals surface area (Å²) in [6.45, 7) is 21.8. The number of hydrogen-bond acceptors (Lipinski definition) is 3. The molecule has 3 nitrogen and oxygen atoms in total. The number of rotatable bonds is 9. The molecule has 0 amide bonds. The maximum absolute atomic E-state index is 5.03. The molecule has 2 heterocycles. The smallest absolute Gasteiger partial charge is 0.133 e. The van der Waals surface area contributed by atoms with Gasteiger partial charge in [-0.2, -0.15) is 0 Å². The second kappa shape index (κ2) is 17.1. The van der Waals surface area contributed by atoms with E-state index < -0.39 is 0 Å². The van der Waals surface area contributed by atoms with Gasteiger partial charge >= 0.3 is 0 Å². The summed E-state index contributed by atoms with van der Waals surface area (Å²) >= 11 is 0. The van der Waals surface area contributed by atoms with Crippen molar-refractivity contribution in [2.45, 2.75) is 131 Å². The molecule has 3 heteroatoms. The lowest BCUT2D eigenvalue weighted by molar-refractivity contribution is 0.323. The molecular weight excluding hydrogens is 546 g/mol. The SMILES string of the molecule is C=C(C)C.C=C(C1CCCCC1)N(CC1CCC(c2ccc(CC)c(C)c2)CC1)c1cc(C2=CCC(C3CC3)=N2)ccn1.CC. The Morgan fingerprint density at radius 2 is 1.53 bits per heavy atom. The Bertz CT molecular complexity index is 1330. The van der Waals surface area contributed by atoms with Gasteiger partial charge in [-0.15, -0.1) is 6.58 Å². The van der Waals surface area contributed by atoms with Crippen molar-refractivity contribution >= 4 is 17.2 Å². The summed E-state index contributed by atoms with van der Waals surface area (Å²) < 4.78 is 0. The van der Waals surface area contributed by atoms with E-state index in [1.165, 1.54) is 104 Å². The molecule has 0 spiro atoms. The highest BCUT2D eigenvalue weighted by molar-refractivity contribution is 5.98. The van der Waals surface area contributed by atoms with Gasteiger partial charge in [-0.3, -0.25) is 4.99 Å². The van der Waals surface area contributed by atoms with E-state index in [-0.39, 0.29) is 0 Å². The van der Waals surface area contributed by atoms with E-state index in [1.807, 2.05) is 33.9 Å². The van der Waals surface area contributed by atoms with Crippen molar-refractivity contribution < 1.29 is 0 Å². The van der Waals surface area contributed by atoms with Gasteiger partial charge < -0.3 is 4.90 Å². The van der Waals surface area contributed by atoms with Crippen molar-refractivity contribution in [3.05, 3.63) is 89.3 Å². The zero-order valence-corrected chi connectivity index (χ0v) is 29.5. The zero-order valence-electron chi connectivity index (χ0n) is 29.5. The highest BCUT2D eigenvalue weighted by Gasteiger charge is 2.30. The molecule has 3 aliphatic carbocycles. The minimum absolute atomic E-state index is 0.589. The fraction of sp³-hybridized carbons (Fsp3) is 0.571. The predicted octanol–water partition coefficient (Wildman–Crippen LogP) is 12.0. The van der Waals surface area contributed by atoms with Crippen molar-refractivity contribution in [1.82, 2.24) is 4.98 Å². The number of aryl methyl sites for hydroxylation is 2. The number of nitrogens with zero attached hydrogens (tertiary/aromatic N) is 3. The number of pyridine rings is 1. The average Bonchev–Trinajstić information content (AvgIpc) is 3.80. The van der Waals surface area contributed by atoms with Gasteiger partial charge in [-0.25, -0.2) is 4.98 Å². The van der Waals surface area contributed by atoms with E-state index in [2.05, 4.69) is 61.7 Å². The van der Waals surface area contributed by atoms with Crippen LogP contribution in [0.4, 0.5) is 5.82 Å². The van der Waals surface area contributed by atoms with Crippen molar-refractivity contribution in [3.63, 3.8) is 0 Å². The van der Waals surface area contributed by atoms with Gasteiger partial charge in [0.25, 0.3) is 0 Å². The summed E-state index contributed by atoms with van der Waals surface area (Å²) in [5.41, 5.74) is 10.7. The van der Waals surface area contributed by atoms with Gasteiger partial charge in [0.05, 0.1) is 5.70 Å². The Balaban J connectivity index is 0.000000713. The lowest BCUT2D eigenvalue weighted by Gasteiger charge is -2.37. The topological polar surface area (TPSA) is 28.5 Å². The van der Waals surface area contributed by atoms with Crippen LogP contribution < -0.4 is 4.90 Å². The van der Waals surface area contributed by atoms with Gasteiger partial charge in [0.2, 0.25) is 0 Å². The third kappa shape index (κ3) is 9.77. The fourth-order valence-corrected chi connectivity index (χ4v) is 7.35. The van der Waals surface area contributed by atoms with Crippen molar-refractivity contribution in [2.75, 3.05) is 11.4 Å². The lowest BCUT2D eigenvalue weighted by Crippen LogP contribution is -2.34. The van der Waals surface area contributed by atoms with Gasteiger partial charge in [0.1, 0.15) is 5.82 Å². The van der Waals surface area contributed by atoms with Crippen LogP contribution in [-0.2, 0) is 6.42 Å². The summed E-state index contributed by atoms with van der Waals surface area (Å²) in [7, 11) is 0. The van der Waals surface area contributed by atoms with E-state index in [4.69, 9.17) is 16.6 Å². The molecule has 0 saturated heterocycles. The third-order valence-electron chi connectivity index (χ3n) is 10.1. The maximum atomic E-state index is 5.03. The van der Waals surface area contributed by atoms with Crippen LogP contribution in [0.5, 0.6) is 0 Å².